The molecule has 0 amide bonds. The van der Waals surface area contributed by atoms with Gasteiger partial charge in [-0.2, -0.15) is 26.3 Å². The Kier molecular flexibility index (Phi) is 10.1. The second-order valence-electron chi connectivity index (χ2n) is 5.49. The zero-order valence-electron chi connectivity index (χ0n) is 13.9. The van der Waals surface area contributed by atoms with Gasteiger partial charge < -0.3 is 10.2 Å². The molecule has 0 saturated heterocycles. The van der Waals surface area contributed by atoms with Crippen molar-refractivity contribution in [3.63, 3.8) is 0 Å². The minimum Gasteiger partial charge on any atom is -0.379 e. The lowest BCUT2D eigenvalue weighted by Crippen LogP contribution is -2.20. The average Bonchev–Trinajstić information content (AvgIpc) is 2.61. The summed E-state index contributed by atoms with van der Waals surface area (Å²) >= 11 is 28.3. The molecule has 0 saturated carbocycles. The molecule has 2 N–H and O–H groups in total. The predicted molar refractivity (Wildman–Crippen MR) is 110 cm³/mol. The van der Waals surface area contributed by atoms with E-state index in [1.54, 1.807) is 0 Å². The molecule has 2 aromatic carbocycles. The third kappa shape index (κ3) is 7.58. The fourth-order valence-corrected chi connectivity index (χ4v) is 3.70. The minimum atomic E-state index is -4.73. The normalized spacial score (nSPS) is 14.1. The summed E-state index contributed by atoms with van der Waals surface area (Å²) in [7, 11) is 0. The fraction of sp³-hybridized carbons (Fsp3) is 0.250. The molecule has 14 heteroatoms. The van der Waals surface area contributed by atoms with Crippen molar-refractivity contribution in [1.82, 2.24) is 0 Å². The number of hydrogen-bond donors (Lipinski definition) is 2. The van der Waals surface area contributed by atoms with Crippen LogP contribution in [-0.4, -0.2) is 22.6 Å². The predicted octanol–water partition coefficient (Wildman–Crippen LogP) is 8.70. The first-order valence-corrected chi connectivity index (χ1v) is 10.3. The SMILES string of the molecule is OC(c1cc(Cl)c(Cl)c(Br)c1)C(F)(F)F.OC(c1cc(Cl)c(Cl)c(Br)c1)C(F)(F)F. The minimum absolute atomic E-state index is 0.0515. The monoisotopic (exact) mass is 644 g/mol. The molecule has 0 heterocycles. The summed E-state index contributed by atoms with van der Waals surface area (Å²) in [5, 5.41) is 18.0. The number of aliphatic hydroxyl groups is 2. The molecule has 2 rings (SSSR count). The van der Waals surface area contributed by atoms with Crippen LogP contribution in [0.25, 0.3) is 0 Å². The van der Waals surface area contributed by atoms with Crippen LogP contribution < -0.4 is 0 Å². The second-order valence-corrected chi connectivity index (χ2v) is 8.76. The van der Waals surface area contributed by atoms with Crippen LogP contribution >= 0.6 is 78.3 Å². The molecule has 0 bridgehead atoms. The average molecular weight is 648 g/mol. The van der Waals surface area contributed by atoms with Crippen LogP contribution in [0.1, 0.15) is 23.3 Å². The Hall–Kier alpha value is 0.0600. The first-order valence-electron chi connectivity index (χ1n) is 7.25. The molecule has 2 aromatic rings. The van der Waals surface area contributed by atoms with E-state index in [0.29, 0.717) is 0 Å². The van der Waals surface area contributed by atoms with Gasteiger partial charge in [-0.15, -0.1) is 0 Å². The van der Waals surface area contributed by atoms with Crippen LogP contribution in [0.15, 0.2) is 33.2 Å². The summed E-state index contributed by atoms with van der Waals surface area (Å²) in [6.45, 7) is 0. The van der Waals surface area contributed by atoms with Gasteiger partial charge in [0.2, 0.25) is 0 Å². The molecule has 0 aromatic heterocycles. The van der Waals surface area contributed by atoms with Gasteiger partial charge in [-0.3, -0.25) is 0 Å². The Bertz CT molecular complexity index is 789. The molecular weight excluding hydrogens is 640 g/mol. The quantitative estimate of drug-likeness (QED) is 0.253. The first-order chi connectivity index (χ1) is 13.5. The van der Waals surface area contributed by atoms with Gasteiger partial charge in [-0.05, 0) is 67.3 Å². The lowest BCUT2D eigenvalue weighted by Gasteiger charge is -2.15. The molecule has 0 spiro atoms. The van der Waals surface area contributed by atoms with E-state index in [0.717, 1.165) is 24.3 Å². The molecule has 2 unspecified atom stereocenters. The Morgan fingerprint density at radius 1 is 0.633 bits per heavy atom. The highest BCUT2D eigenvalue weighted by molar-refractivity contribution is 9.10. The summed E-state index contributed by atoms with van der Waals surface area (Å²) < 4.78 is 73.4. The molecule has 0 fully saturated rings. The van der Waals surface area contributed by atoms with E-state index < -0.39 is 24.6 Å². The lowest BCUT2D eigenvalue weighted by molar-refractivity contribution is -0.207. The molecular formula is C16H8Br2Cl4F6O2. The lowest BCUT2D eigenvalue weighted by atomic mass is 10.1. The van der Waals surface area contributed by atoms with Gasteiger partial charge in [-0.1, -0.05) is 46.4 Å². The van der Waals surface area contributed by atoms with Crippen molar-refractivity contribution in [1.29, 1.82) is 0 Å². The zero-order chi connectivity index (χ0) is 23.6. The van der Waals surface area contributed by atoms with Crippen molar-refractivity contribution in [2.75, 3.05) is 0 Å². The maximum atomic E-state index is 12.2. The third-order valence-electron chi connectivity index (χ3n) is 3.26. The summed E-state index contributed by atoms with van der Waals surface area (Å²) in [5.74, 6) is 0. The van der Waals surface area contributed by atoms with Gasteiger partial charge >= 0.3 is 12.4 Å². The number of rotatable bonds is 2. The van der Waals surface area contributed by atoms with E-state index >= 15 is 0 Å². The maximum absolute atomic E-state index is 12.2. The smallest absolute Gasteiger partial charge is 0.379 e. The maximum Gasteiger partial charge on any atom is 0.418 e. The van der Waals surface area contributed by atoms with Crippen LogP contribution in [-0.2, 0) is 0 Å². The number of benzene rings is 2. The summed E-state index contributed by atoms with van der Waals surface area (Å²) in [6.07, 6.45) is -14.6. The number of halogens is 12. The van der Waals surface area contributed by atoms with Crippen molar-refractivity contribution in [2.24, 2.45) is 0 Å². The summed E-state index contributed by atoms with van der Waals surface area (Å²) in [5.41, 5.74) is -0.715. The number of hydrogen-bond acceptors (Lipinski definition) is 2. The number of aliphatic hydroxyl groups excluding tert-OH is 2. The number of alkyl halides is 6. The molecule has 168 valence electrons. The van der Waals surface area contributed by atoms with Gasteiger partial charge in [0.15, 0.2) is 12.2 Å². The Balaban J connectivity index is 0.000000300. The molecule has 0 radical (unpaired) electrons. The zero-order valence-corrected chi connectivity index (χ0v) is 20.1. The van der Waals surface area contributed by atoms with Crippen molar-refractivity contribution >= 4 is 78.3 Å². The Labute approximate surface area is 202 Å². The van der Waals surface area contributed by atoms with Gasteiger partial charge in [0.05, 0.1) is 20.1 Å². The Morgan fingerprint density at radius 2 is 0.900 bits per heavy atom. The van der Waals surface area contributed by atoms with Crippen molar-refractivity contribution in [2.45, 2.75) is 24.6 Å². The highest BCUT2D eigenvalue weighted by Crippen LogP contribution is 2.39. The molecule has 2 nitrogen and oxygen atoms in total. The van der Waals surface area contributed by atoms with E-state index in [1.165, 1.54) is 0 Å². The topological polar surface area (TPSA) is 40.5 Å². The van der Waals surface area contributed by atoms with Gasteiger partial charge in [-0.25, -0.2) is 0 Å². The second kappa shape index (κ2) is 10.8. The summed E-state index contributed by atoms with van der Waals surface area (Å²) in [4.78, 5) is 0. The van der Waals surface area contributed by atoms with E-state index in [2.05, 4.69) is 31.9 Å². The van der Waals surface area contributed by atoms with Crippen molar-refractivity contribution in [3.05, 3.63) is 64.4 Å². The van der Waals surface area contributed by atoms with Crippen molar-refractivity contribution < 1.29 is 36.6 Å². The highest BCUT2D eigenvalue weighted by atomic mass is 79.9. The van der Waals surface area contributed by atoms with Crippen molar-refractivity contribution in [3.8, 4) is 0 Å². The van der Waals surface area contributed by atoms with Crippen LogP contribution in [0.3, 0.4) is 0 Å². The summed E-state index contributed by atoms with van der Waals surface area (Å²) in [6, 6.07) is 4.11. The van der Waals surface area contributed by atoms with Gasteiger partial charge in [0.25, 0.3) is 0 Å². The van der Waals surface area contributed by atoms with Crippen LogP contribution in [0.4, 0.5) is 26.3 Å². The molecule has 2 atom stereocenters. The van der Waals surface area contributed by atoms with E-state index in [4.69, 9.17) is 56.6 Å². The standard InChI is InChI=1S/2C8H4BrCl2F3O/c2*9-4-1-3(2-5(10)6(4)11)7(15)8(12,13)14/h2*1-2,7,15H. The van der Waals surface area contributed by atoms with Gasteiger partial charge in [0.1, 0.15) is 0 Å². The molecule has 0 aliphatic heterocycles. The highest BCUT2D eigenvalue weighted by Gasteiger charge is 2.40. The molecule has 0 aliphatic rings. The molecule has 30 heavy (non-hydrogen) atoms. The Morgan fingerprint density at radius 3 is 1.10 bits per heavy atom. The molecule has 0 aliphatic carbocycles. The third-order valence-corrected chi connectivity index (χ3v) is 6.58. The van der Waals surface area contributed by atoms with Crippen LogP contribution in [0, 0.1) is 0 Å². The van der Waals surface area contributed by atoms with Gasteiger partial charge in [0, 0.05) is 8.95 Å². The van der Waals surface area contributed by atoms with Crippen LogP contribution in [0.5, 0.6) is 0 Å². The van der Waals surface area contributed by atoms with E-state index in [9.17, 15) is 26.3 Å². The largest absolute Gasteiger partial charge is 0.418 e. The van der Waals surface area contributed by atoms with Crippen LogP contribution in [0.2, 0.25) is 20.1 Å². The fourth-order valence-electron chi connectivity index (χ4n) is 1.84. The first kappa shape index (κ1) is 28.1. The van der Waals surface area contributed by atoms with E-state index in [-0.39, 0.29) is 40.2 Å². The van der Waals surface area contributed by atoms with E-state index in [1.807, 2.05) is 0 Å².